The molecule has 0 bridgehead atoms. The summed E-state index contributed by atoms with van der Waals surface area (Å²) in [5.74, 6) is 0.260. The highest BCUT2D eigenvalue weighted by atomic mass is 32.1. The van der Waals surface area contributed by atoms with E-state index in [9.17, 15) is 0 Å². The topological polar surface area (TPSA) is 70.6 Å². The maximum atomic E-state index is 8.52. The van der Waals surface area contributed by atoms with Crippen LogP contribution in [0.4, 0.5) is 0 Å². The van der Waals surface area contributed by atoms with Crippen molar-refractivity contribution >= 4 is 17.2 Å². The monoisotopic (exact) mass is 255 g/mol. The molecule has 0 aliphatic rings. The SMILES string of the molecule is Cc1cc(C(C)NC(C)CC(N)=NO)c(C)s1. The molecule has 1 aromatic heterocycles. The summed E-state index contributed by atoms with van der Waals surface area (Å²) in [5.41, 5.74) is 6.82. The summed E-state index contributed by atoms with van der Waals surface area (Å²) in [6.45, 7) is 8.42. The number of nitrogens with two attached hydrogens (primary N) is 1. The lowest BCUT2D eigenvalue weighted by atomic mass is 10.1. The number of oxime groups is 1. The summed E-state index contributed by atoms with van der Waals surface area (Å²) in [6.07, 6.45) is 0.545. The number of hydrogen-bond donors (Lipinski definition) is 3. The van der Waals surface area contributed by atoms with Gasteiger partial charge >= 0.3 is 0 Å². The molecule has 4 nitrogen and oxygen atoms in total. The van der Waals surface area contributed by atoms with Crippen LogP contribution < -0.4 is 11.1 Å². The maximum absolute atomic E-state index is 8.52. The Balaban J connectivity index is 2.60. The van der Waals surface area contributed by atoms with Crippen LogP contribution in [-0.2, 0) is 0 Å². The maximum Gasteiger partial charge on any atom is 0.140 e. The highest BCUT2D eigenvalue weighted by molar-refractivity contribution is 7.12. The van der Waals surface area contributed by atoms with Gasteiger partial charge in [0.1, 0.15) is 5.84 Å². The van der Waals surface area contributed by atoms with Crippen LogP contribution in [0.2, 0.25) is 0 Å². The molecule has 96 valence electrons. The van der Waals surface area contributed by atoms with E-state index in [0.29, 0.717) is 6.42 Å². The molecule has 0 spiro atoms. The van der Waals surface area contributed by atoms with E-state index in [1.54, 1.807) is 0 Å². The Morgan fingerprint density at radius 2 is 2.18 bits per heavy atom. The van der Waals surface area contributed by atoms with Crippen LogP contribution in [0.1, 0.15) is 41.6 Å². The molecule has 1 heterocycles. The van der Waals surface area contributed by atoms with Crippen LogP contribution in [-0.4, -0.2) is 17.1 Å². The fraction of sp³-hybridized carbons (Fsp3) is 0.583. The van der Waals surface area contributed by atoms with Crippen LogP contribution >= 0.6 is 11.3 Å². The van der Waals surface area contributed by atoms with Crippen molar-refractivity contribution in [1.29, 1.82) is 0 Å². The molecule has 5 heteroatoms. The van der Waals surface area contributed by atoms with Crippen molar-refractivity contribution in [2.75, 3.05) is 0 Å². The Kier molecular flexibility index (Phi) is 4.96. The molecule has 0 saturated heterocycles. The molecule has 0 aliphatic carbocycles. The van der Waals surface area contributed by atoms with Gasteiger partial charge < -0.3 is 16.3 Å². The summed E-state index contributed by atoms with van der Waals surface area (Å²) in [6, 6.07) is 2.68. The van der Waals surface area contributed by atoms with Gasteiger partial charge in [0, 0.05) is 28.3 Å². The largest absolute Gasteiger partial charge is 0.409 e. The quantitative estimate of drug-likeness (QED) is 0.328. The van der Waals surface area contributed by atoms with Crippen LogP contribution in [0.3, 0.4) is 0 Å². The lowest BCUT2D eigenvalue weighted by Crippen LogP contribution is -2.33. The summed E-state index contributed by atoms with van der Waals surface area (Å²) in [7, 11) is 0. The number of aryl methyl sites for hydroxylation is 2. The number of rotatable bonds is 5. The zero-order chi connectivity index (χ0) is 13.0. The zero-order valence-electron chi connectivity index (χ0n) is 10.8. The highest BCUT2D eigenvalue weighted by Crippen LogP contribution is 2.26. The molecule has 2 unspecified atom stereocenters. The van der Waals surface area contributed by atoms with Crippen molar-refractivity contribution in [2.24, 2.45) is 10.9 Å². The smallest absolute Gasteiger partial charge is 0.140 e. The molecule has 2 atom stereocenters. The van der Waals surface area contributed by atoms with Crippen LogP contribution in [0.5, 0.6) is 0 Å². The third-order valence-corrected chi connectivity index (χ3v) is 3.71. The van der Waals surface area contributed by atoms with E-state index in [-0.39, 0.29) is 17.9 Å². The van der Waals surface area contributed by atoms with Crippen molar-refractivity contribution < 1.29 is 5.21 Å². The lowest BCUT2D eigenvalue weighted by Gasteiger charge is -2.19. The van der Waals surface area contributed by atoms with Crippen molar-refractivity contribution in [1.82, 2.24) is 5.32 Å². The lowest BCUT2D eigenvalue weighted by molar-refractivity contribution is 0.315. The van der Waals surface area contributed by atoms with Crippen molar-refractivity contribution in [3.63, 3.8) is 0 Å². The fourth-order valence-electron chi connectivity index (χ4n) is 2.01. The molecule has 0 aromatic carbocycles. The molecule has 0 aliphatic heterocycles. The molecule has 4 N–H and O–H groups in total. The van der Waals surface area contributed by atoms with E-state index >= 15 is 0 Å². The second kappa shape index (κ2) is 6.02. The van der Waals surface area contributed by atoms with Gasteiger partial charge in [0.15, 0.2) is 0 Å². The average Bonchev–Trinajstić information content (AvgIpc) is 2.57. The Labute approximate surface area is 107 Å². The van der Waals surface area contributed by atoms with Gasteiger partial charge in [0.2, 0.25) is 0 Å². The number of nitrogens with zero attached hydrogens (tertiary/aromatic N) is 1. The number of nitrogens with one attached hydrogen (secondary N) is 1. The van der Waals surface area contributed by atoms with Crippen molar-refractivity contribution in [3.8, 4) is 0 Å². The predicted molar refractivity (Wildman–Crippen MR) is 72.8 cm³/mol. The van der Waals surface area contributed by atoms with E-state index in [1.165, 1.54) is 15.3 Å². The predicted octanol–water partition coefficient (Wildman–Crippen LogP) is 2.54. The summed E-state index contributed by atoms with van der Waals surface area (Å²) >= 11 is 1.81. The Morgan fingerprint density at radius 1 is 1.53 bits per heavy atom. The second-order valence-electron chi connectivity index (χ2n) is 4.45. The van der Waals surface area contributed by atoms with Crippen LogP contribution in [0.25, 0.3) is 0 Å². The van der Waals surface area contributed by atoms with E-state index in [2.05, 4.69) is 37.3 Å². The minimum Gasteiger partial charge on any atom is -0.409 e. The Hall–Kier alpha value is -1.07. The first-order chi connectivity index (χ1) is 7.93. The zero-order valence-corrected chi connectivity index (χ0v) is 11.6. The standard InChI is InChI=1S/C12H21N3OS/c1-7(5-12(13)15-16)14-9(3)11-6-8(2)17-10(11)4/h6-7,9,14,16H,5H2,1-4H3,(H2,13,15). The van der Waals surface area contributed by atoms with E-state index in [1.807, 2.05) is 18.3 Å². The molecule has 0 radical (unpaired) electrons. The van der Waals surface area contributed by atoms with Crippen molar-refractivity contribution in [3.05, 3.63) is 21.4 Å². The van der Waals surface area contributed by atoms with Crippen LogP contribution in [0.15, 0.2) is 11.2 Å². The molecule has 0 fully saturated rings. The third-order valence-electron chi connectivity index (χ3n) is 2.72. The van der Waals surface area contributed by atoms with Gasteiger partial charge in [-0.3, -0.25) is 0 Å². The Morgan fingerprint density at radius 3 is 2.65 bits per heavy atom. The van der Waals surface area contributed by atoms with Gasteiger partial charge in [-0.15, -0.1) is 11.3 Å². The minimum absolute atomic E-state index is 0.181. The van der Waals surface area contributed by atoms with Crippen LogP contribution in [0, 0.1) is 13.8 Å². The van der Waals surface area contributed by atoms with Gasteiger partial charge in [-0.05, 0) is 39.3 Å². The third kappa shape index (κ3) is 4.02. The number of amidine groups is 1. The molecular weight excluding hydrogens is 234 g/mol. The van der Waals surface area contributed by atoms with E-state index < -0.39 is 0 Å². The van der Waals surface area contributed by atoms with Gasteiger partial charge in [0.05, 0.1) is 0 Å². The highest BCUT2D eigenvalue weighted by Gasteiger charge is 2.14. The summed E-state index contributed by atoms with van der Waals surface area (Å²) in [4.78, 5) is 2.67. The first-order valence-corrected chi connectivity index (χ1v) is 6.55. The molecule has 0 saturated carbocycles. The molecule has 17 heavy (non-hydrogen) atoms. The summed E-state index contributed by atoms with van der Waals surface area (Å²) in [5, 5.41) is 15.0. The van der Waals surface area contributed by atoms with E-state index in [4.69, 9.17) is 10.9 Å². The molecule has 1 aromatic rings. The second-order valence-corrected chi connectivity index (χ2v) is 5.91. The fourth-order valence-corrected chi connectivity index (χ4v) is 3.03. The minimum atomic E-state index is 0.181. The van der Waals surface area contributed by atoms with Gasteiger partial charge in [0.25, 0.3) is 0 Å². The number of hydrogen-bond acceptors (Lipinski definition) is 4. The molecule has 0 amide bonds. The first-order valence-electron chi connectivity index (χ1n) is 5.73. The van der Waals surface area contributed by atoms with Crippen molar-refractivity contribution in [2.45, 2.75) is 46.2 Å². The van der Waals surface area contributed by atoms with Gasteiger partial charge in [-0.1, -0.05) is 5.16 Å². The summed E-state index contributed by atoms with van der Waals surface area (Å²) < 4.78 is 0. The average molecular weight is 255 g/mol. The Bertz CT molecular complexity index is 400. The van der Waals surface area contributed by atoms with Gasteiger partial charge in [-0.25, -0.2) is 0 Å². The molecular formula is C12H21N3OS. The normalized spacial score (nSPS) is 15.9. The number of thiophene rings is 1. The molecule has 1 rings (SSSR count). The first kappa shape index (κ1) is 14.0. The van der Waals surface area contributed by atoms with Gasteiger partial charge in [-0.2, -0.15) is 0 Å². The van der Waals surface area contributed by atoms with E-state index in [0.717, 1.165) is 0 Å².